The molecule has 17 heavy (non-hydrogen) atoms. The van der Waals surface area contributed by atoms with Crippen molar-refractivity contribution in [3.63, 3.8) is 0 Å². The Morgan fingerprint density at radius 1 is 1.29 bits per heavy atom. The molecule has 0 radical (unpaired) electrons. The summed E-state index contributed by atoms with van der Waals surface area (Å²) in [6.45, 7) is 0. The lowest BCUT2D eigenvalue weighted by molar-refractivity contribution is -0.0798. The van der Waals surface area contributed by atoms with Crippen molar-refractivity contribution < 1.29 is 9.63 Å². The molecule has 0 bridgehead atoms. The zero-order valence-corrected chi connectivity index (χ0v) is 8.98. The first-order chi connectivity index (χ1) is 8.31. The molecule has 0 spiro atoms. The summed E-state index contributed by atoms with van der Waals surface area (Å²) in [5.41, 5.74) is 0.451. The van der Waals surface area contributed by atoms with Crippen LogP contribution >= 0.6 is 0 Å². The van der Waals surface area contributed by atoms with Gasteiger partial charge in [-0.2, -0.15) is 10.3 Å². The number of nitriles is 1. The molecule has 1 aromatic rings. The molecular formula is C13H10N2O2. The van der Waals surface area contributed by atoms with E-state index in [-0.39, 0.29) is 0 Å². The van der Waals surface area contributed by atoms with Gasteiger partial charge in [-0.25, -0.2) is 4.79 Å². The molecule has 1 aliphatic rings. The van der Waals surface area contributed by atoms with Crippen molar-refractivity contribution >= 4 is 5.97 Å². The minimum atomic E-state index is -0.576. The fraction of sp³-hybridized carbons (Fsp3) is 0.0769. The molecular weight excluding hydrogens is 216 g/mol. The van der Waals surface area contributed by atoms with Crippen LogP contribution in [0.2, 0.25) is 0 Å². The van der Waals surface area contributed by atoms with Gasteiger partial charge in [0, 0.05) is 6.20 Å². The lowest BCUT2D eigenvalue weighted by Gasteiger charge is -2.23. The molecule has 2 rings (SSSR count). The van der Waals surface area contributed by atoms with Gasteiger partial charge in [-0.1, -0.05) is 24.3 Å². The van der Waals surface area contributed by atoms with Crippen LogP contribution in [0, 0.1) is 11.3 Å². The molecule has 1 heterocycles. The summed E-state index contributed by atoms with van der Waals surface area (Å²) < 4.78 is 0. The quantitative estimate of drug-likeness (QED) is 0.774. The van der Waals surface area contributed by atoms with Gasteiger partial charge in [0.05, 0.1) is 11.6 Å². The highest BCUT2D eigenvalue weighted by molar-refractivity contribution is 5.89. The van der Waals surface area contributed by atoms with Gasteiger partial charge >= 0.3 is 5.97 Å². The fourth-order valence-electron chi connectivity index (χ4n) is 1.39. The molecule has 0 aliphatic carbocycles. The molecule has 1 aromatic carbocycles. The average Bonchev–Trinajstić information content (AvgIpc) is 2.40. The second-order valence-corrected chi connectivity index (χ2v) is 3.41. The number of nitrogens with zero attached hydrogens (tertiary/aromatic N) is 2. The smallest absolute Gasteiger partial charge is 0.334 e. The average molecular weight is 226 g/mol. The minimum Gasteiger partial charge on any atom is -0.334 e. The van der Waals surface area contributed by atoms with Gasteiger partial charge in [0.1, 0.15) is 0 Å². The second-order valence-electron chi connectivity index (χ2n) is 3.41. The van der Waals surface area contributed by atoms with Gasteiger partial charge in [0.25, 0.3) is 0 Å². The first-order valence-corrected chi connectivity index (χ1v) is 5.11. The maximum atomic E-state index is 11.7. The Morgan fingerprint density at radius 3 is 2.76 bits per heavy atom. The fourth-order valence-corrected chi connectivity index (χ4v) is 1.39. The van der Waals surface area contributed by atoms with E-state index >= 15 is 0 Å². The molecule has 1 atom stereocenters. The second kappa shape index (κ2) is 4.99. The first-order valence-electron chi connectivity index (χ1n) is 5.11. The highest BCUT2D eigenvalue weighted by atomic mass is 16.7. The molecule has 0 saturated heterocycles. The summed E-state index contributed by atoms with van der Waals surface area (Å²) in [4.78, 5) is 16.9. The number of hydroxylamine groups is 2. The van der Waals surface area contributed by atoms with E-state index in [1.165, 1.54) is 5.06 Å². The van der Waals surface area contributed by atoms with E-state index in [1.807, 2.05) is 12.1 Å². The van der Waals surface area contributed by atoms with E-state index in [0.29, 0.717) is 5.56 Å². The molecule has 84 valence electrons. The zero-order valence-electron chi connectivity index (χ0n) is 8.98. The number of benzene rings is 1. The van der Waals surface area contributed by atoms with Crippen LogP contribution in [0.1, 0.15) is 10.4 Å². The summed E-state index contributed by atoms with van der Waals surface area (Å²) in [5, 5.41) is 10.1. The maximum Gasteiger partial charge on any atom is 0.363 e. The van der Waals surface area contributed by atoms with Gasteiger partial charge in [0.2, 0.25) is 0 Å². The zero-order chi connectivity index (χ0) is 12.1. The molecule has 0 N–H and O–H groups in total. The van der Waals surface area contributed by atoms with E-state index < -0.39 is 12.0 Å². The molecule has 4 nitrogen and oxygen atoms in total. The Bertz CT molecular complexity index is 500. The van der Waals surface area contributed by atoms with Gasteiger partial charge < -0.3 is 4.84 Å². The highest BCUT2D eigenvalue weighted by Gasteiger charge is 2.19. The standard InChI is InChI=1S/C13H10N2O2/c14-10-12-8-4-5-9-15(12)17-13(16)11-6-2-1-3-7-11/h1-9,12H. The summed E-state index contributed by atoms with van der Waals surface area (Å²) in [6, 6.07) is 10.1. The van der Waals surface area contributed by atoms with Crippen LogP contribution in [-0.2, 0) is 4.84 Å². The molecule has 0 fully saturated rings. The lowest BCUT2D eigenvalue weighted by atomic mass is 10.2. The van der Waals surface area contributed by atoms with E-state index in [4.69, 9.17) is 10.1 Å². The van der Waals surface area contributed by atoms with Crippen molar-refractivity contribution in [3.8, 4) is 6.07 Å². The van der Waals surface area contributed by atoms with E-state index in [9.17, 15) is 4.79 Å². The van der Waals surface area contributed by atoms with Gasteiger partial charge in [-0.15, -0.1) is 0 Å². The predicted molar refractivity (Wildman–Crippen MR) is 61.4 cm³/mol. The van der Waals surface area contributed by atoms with Crippen molar-refractivity contribution in [1.29, 1.82) is 5.26 Å². The molecule has 4 heteroatoms. The summed E-state index contributed by atoms with van der Waals surface area (Å²) in [5.74, 6) is -0.481. The Kier molecular flexibility index (Phi) is 3.22. The highest BCUT2D eigenvalue weighted by Crippen LogP contribution is 2.11. The monoisotopic (exact) mass is 226 g/mol. The number of rotatable bonds is 2. The number of carbonyl (C=O) groups is 1. The van der Waals surface area contributed by atoms with E-state index in [1.54, 1.807) is 48.7 Å². The van der Waals surface area contributed by atoms with Crippen molar-refractivity contribution in [2.24, 2.45) is 0 Å². The molecule has 1 aliphatic heterocycles. The van der Waals surface area contributed by atoms with Crippen LogP contribution in [0.3, 0.4) is 0 Å². The largest absolute Gasteiger partial charge is 0.363 e. The third kappa shape index (κ3) is 2.52. The molecule has 0 amide bonds. The Morgan fingerprint density at radius 2 is 2.06 bits per heavy atom. The minimum absolute atomic E-state index is 0.451. The Balaban J connectivity index is 2.07. The van der Waals surface area contributed by atoms with Gasteiger partial charge in [-0.05, 0) is 24.3 Å². The normalized spacial score (nSPS) is 17.6. The molecule has 0 aromatic heterocycles. The predicted octanol–water partition coefficient (Wildman–Crippen LogP) is 2.04. The number of hydrogen-bond acceptors (Lipinski definition) is 4. The molecule has 1 unspecified atom stereocenters. The number of hydrogen-bond donors (Lipinski definition) is 0. The van der Waals surface area contributed by atoms with Gasteiger partial charge in [0.15, 0.2) is 6.04 Å². The third-order valence-electron chi connectivity index (χ3n) is 2.24. The van der Waals surface area contributed by atoms with Crippen LogP contribution in [0.25, 0.3) is 0 Å². The van der Waals surface area contributed by atoms with Crippen LogP contribution in [-0.4, -0.2) is 17.1 Å². The Labute approximate surface area is 99.0 Å². The van der Waals surface area contributed by atoms with Crippen LogP contribution < -0.4 is 0 Å². The van der Waals surface area contributed by atoms with Crippen LogP contribution in [0.5, 0.6) is 0 Å². The maximum absolute atomic E-state index is 11.7. The SMILES string of the molecule is N#CC1C=CC=CN1OC(=O)c1ccccc1. The molecule has 0 saturated carbocycles. The lowest BCUT2D eigenvalue weighted by Crippen LogP contribution is -2.31. The Hall–Kier alpha value is -2.54. The van der Waals surface area contributed by atoms with Gasteiger partial charge in [-0.3, -0.25) is 0 Å². The first kappa shape index (κ1) is 11.0. The van der Waals surface area contributed by atoms with E-state index in [0.717, 1.165) is 0 Å². The van der Waals surface area contributed by atoms with Crippen molar-refractivity contribution in [1.82, 2.24) is 5.06 Å². The number of carbonyl (C=O) groups excluding carboxylic acids is 1. The van der Waals surface area contributed by atoms with Crippen LogP contribution in [0.15, 0.2) is 54.8 Å². The summed E-state index contributed by atoms with van der Waals surface area (Å²) >= 11 is 0. The van der Waals surface area contributed by atoms with Crippen molar-refractivity contribution in [3.05, 3.63) is 60.3 Å². The number of allylic oxidation sites excluding steroid dienone is 2. The third-order valence-corrected chi connectivity index (χ3v) is 2.24. The van der Waals surface area contributed by atoms with E-state index in [2.05, 4.69) is 0 Å². The van der Waals surface area contributed by atoms with Crippen LogP contribution in [0.4, 0.5) is 0 Å². The van der Waals surface area contributed by atoms with Crippen molar-refractivity contribution in [2.45, 2.75) is 6.04 Å². The summed E-state index contributed by atoms with van der Waals surface area (Å²) in [6.07, 6.45) is 6.64. The van der Waals surface area contributed by atoms with Crippen molar-refractivity contribution in [2.75, 3.05) is 0 Å². The topological polar surface area (TPSA) is 53.3 Å². The summed E-state index contributed by atoms with van der Waals surface area (Å²) in [7, 11) is 0.